The fraction of sp³-hybridized carbons (Fsp3) is 0.600. The van der Waals surface area contributed by atoms with Crippen molar-refractivity contribution in [3.05, 3.63) is 24.3 Å². The molecular formula is C15H21F3N2O3S2. The van der Waals surface area contributed by atoms with Gasteiger partial charge in [0.15, 0.2) is 0 Å². The lowest BCUT2D eigenvalue weighted by atomic mass is 10.3. The van der Waals surface area contributed by atoms with Gasteiger partial charge < -0.3 is 9.64 Å². The van der Waals surface area contributed by atoms with Crippen molar-refractivity contribution in [3.63, 3.8) is 0 Å². The highest BCUT2D eigenvalue weighted by Gasteiger charge is 2.34. The summed E-state index contributed by atoms with van der Waals surface area (Å²) in [5.74, 6) is 1.13. The Morgan fingerprint density at radius 2 is 1.92 bits per heavy atom. The zero-order chi connectivity index (χ0) is 18.7. The molecule has 0 bridgehead atoms. The van der Waals surface area contributed by atoms with Crippen molar-refractivity contribution in [1.82, 2.24) is 9.21 Å². The molecule has 1 aliphatic rings. The van der Waals surface area contributed by atoms with E-state index in [1.807, 2.05) is 19.0 Å². The van der Waals surface area contributed by atoms with Gasteiger partial charge in [0.05, 0.1) is 4.90 Å². The standard InChI is InChI=1S/C15H21F3N2O3S2/c1-19(2)10-12-11-24-9-3-8-20(12)25(21,22)14-6-4-13(5-7-14)23-15(16,17)18/h4-7,12H,3,8-11H2,1-2H3/t12-/m1/s1. The molecule has 0 radical (unpaired) electrons. The molecule has 1 heterocycles. The summed E-state index contributed by atoms with van der Waals surface area (Å²) < 4.78 is 67.9. The molecule has 5 nitrogen and oxygen atoms in total. The largest absolute Gasteiger partial charge is 0.573 e. The van der Waals surface area contributed by atoms with Gasteiger partial charge in [0.2, 0.25) is 10.0 Å². The summed E-state index contributed by atoms with van der Waals surface area (Å²) >= 11 is 1.71. The molecule has 0 unspecified atom stereocenters. The third-order valence-corrected chi connectivity index (χ3v) is 6.79. The average Bonchev–Trinajstić information content (AvgIpc) is 2.71. The summed E-state index contributed by atoms with van der Waals surface area (Å²) in [5.41, 5.74) is 0. The zero-order valence-corrected chi connectivity index (χ0v) is 15.6. The molecule has 25 heavy (non-hydrogen) atoms. The molecule has 1 atom stereocenters. The Bertz CT molecular complexity index is 664. The SMILES string of the molecule is CN(C)C[C@@H]1CSCCCN1S(=O)(=O)c1ccc(OC(F)(F)F)cc1. The molecule has 0 aromatic heterocycles. The molecule has 1 aromatic carbocycles. The van der Waals surface area contributed by atoms with E-state index in [0.29, 0.717) is 18.8 Å². The number of sulfonamides is 1. The van der Waals surface area contributed by atoms with Crippen LogP contribution < -0.4 is 4.74 Å². The summed E-state index contributed by atoms with van der Waals surface area (Å²) in [7, 11) is -0.0269. The fourth-order valence-corrected chi connectivity index (χ4v) is 5.44. The molecule has 1 saturated heterocycles. The Morgan fingerprint density at radius 3 is 2.48 bits per heavy atom. The predicted octanol–water partition coefficient (Wildman–Crippen LogP) is 2.64. The first-order chi connectivity index (χ1) is 11.6. The average molecular weight is 398 g/mol. The van der Waals surface area contributed by atoms with Crippen LogP contribution in [-0.2, 0) is 10.0 Å². The maximum Gasteiger partial charge on any atom is 0.573 e. The van der Waals surface area contributed by atoms with E-state index in [4.69, 9.17) is 0 Å². The van der Waals surface area contributed by atoms with Crippen molar-refractivity contribution in [2.24, 2.45) is 0 Å². The highest BCUT2D eigenvalue weighted by Crippen LogP contribution is 2.28. The molecule has 0 amide bonds. The van der Waals surface area contributed by atoms with Gasteiger partial charge in [-0.05, 0) is 50.5 Å². The van der Waals surface area contributed by atoms with Crippen LogP contribution in [-0.4, -0.2) is 68.7 Å². The van der Waals surface area contributed by atoms with Crippen LogP contribution in [0.25, 0.3) is 0 Å². The molecular weight excluding hydrogens is 377 g/mol. The summed E-state index contributed by atoms with van der Waals surface area (Å²) in [4.78, 5) is 1.90. The van der Waals surface area contributed by atoms with Gasteiger partial charge in [-0.2, -0.15) is 16.1 Å². The van der Waals surface area contributed by atoms with Gasteiger partial charge in [-0.15, -0.1) is 13.2 Å². The third-order valence-electron chi connectivity index (χ3n) is 3.62. The van der Waals surface area contributed by atoms with Crippen molar-refractivity contribution < 1.29 is 26.3 Å². The monoisotopic (exact) mass is 398 g/mol. The van der Waals surface area contributed by atoms with Crippen LogP contribution in [0, 0.1) is 0 Å². The van der Waals surface area contributed by atoms with Crippen LogP contribution >= 0.6 is 11.8 Å². The van der Waals surface area contributed by atoms with Gasteiger partial charge in [0, 0.05) is 24.9 Å². The molecule has 2 rings (SSSR count). The van der Waals surface area contributed by atoms with Crippen molar-refractivity contribution >= 4 is 21.8 Å². The van der Waals surface area contributed by atoms with Crippen molar-refractivity contribution in [2.75, 3.05) is 38.7 Å². The quantitative estimate of drug-likeness (QED) is 0.763. The minimum atomic E-state index is -4.81. The van der Waals surface area contributed by atoms with Gasteiger partial charge in [-0.3, -0.25) is 0 Å². The topological polar surface area (TPSA) is 49.9 Å². The molecule has 1 aliphatic heterocycles. The Labute approximate surface area is 150 Å². The van der Waals surface area contributed by atoms with E-state index < -0.39 is 22.1 Å². The van der Waals surface area contributed by atoms with Crippen LogP contribution in [0.4, 0.5) is 13.2 Å². The molecule has 0 aliphatic carbocycles. The molecule has 0 saturated carbocycles. The zero-order valence-electron chi connectivity index (χ0n) is 14.0. The van der Waals surface area contributed by atoms with E-state index >= 15 is 0 Å². The van der Waals surface area contributed by atoms with Crippen LogP contribution in [0.5, 0.6) is 5.75 Å². The first-order valence-electron chi connectivity index (χ1n) is 7.70. The summed E-state index contributed by atoms with van der Waals surface area (Å²) in [6, 6.07) is 4.17. The van der Waals surface area contributed by atoms with E-state index in [9.17, 15) is 21.6 Å². The Morgan fingerprint density at radius 1 is 1.28 bits per heavy atom. The number of halogens is 3. The predicted molar refractivity (Wildman–Crippen MR) is 91.3 cm³/mol. The highest BCUT2D eigenvalue weighted by molar-refractivity contribution is 7.99. The maximum absolute atomic E-state index is 13.0. The fourth-order valence-electron chi connectivity index (χ4n) is 2.64. The number of nitrogens with zero attached hydrogens (tertiary/aromatic N) is 2. The van der Waals surface area contributed by atoms with E-state index in [1.165, 1.54) is 4.31 Å². The van der Waals surface area contributed by atoms with Crippen molar-refractivity contribution in [1.29, 1.82) is 0 Å². The van der Waals surface area contributed by atoms with E-state index in [1.54, 1.807) is 11.8 Å². The van der Waals surface area contributed by atoms with Crippen molar-refractivity contribution in [2.45, 2.75) is 23.7 Å². The lowest BCUT2D eigenvalue weighted by Crippen LogP contribution is -2.46. The summed E-state index contributed by atoms with van der Waals surface area (Å²) in [6.45, 7) is 0.982. The Hall–Kier alpha value is -0.970. The van der Waals surface area contributed by atoms with Crippen LogP contribution in [0.15, 0.2) is 29.2 Å². The molecule has 10 heteroatoms. The molecule has 142 valence electrons. The Kier molecular flexibility index (Phi) is 6.63. The lowest BCUT2D eigenvalue weighted by Gasteiger charge is -2.30. The van der Waals surface area contributed by atoms with E-state index in [2.05, 4.69) is 4.74 Å². The summed E-state index contributed by atoms with van der Waals surface area (Å²) in [6.07, 6.45) is -4.07. The van der Waals surface area contributed by atoms with Crippen LogP contribution in [0.1, 0.15) is 6.42 Å². The minimum absolute atomic E-state index is 0.0299. The highest BCUT2D eigenvalue weighted by atomic mass is 32.2. The molecule has 0 N–H and O–H groups in total. The third kappa shape index (κ3) is 5.77. The molecule has 0 spiro atoms. The number of alkyl halides is 3. The number of rotatable bonds is 5. The van der Waals surface area contributed by atoms with Gasteiger partial charge in [0.25, 0.3) is 0 Å². The van der Waals surface area contributed by atoms with Crippen LogP contribution in [0.3, 0.4) is 0 Å². The smallest absolute Gasteiger partial charge is 0.406 e. The number of thioether (sulfide) groups is 1. The van der Waals surface area contributed by atoms with Gasteiger partial charge in [-0.1, -0.05) is 0 Å². The number of ether oxygens (including phenoxy) is 1. The van der Waals surface area contributed by atoms with E-state index in [0.717, 1.165) is 36.4 Å². The number of likely N-dealkylation sites (N-methyl/N-ethyl adjacent to an activating group) is 1. The normalized spacial score (nSPS) is 20.5. The number of benzene rings is 1. The Balaban J connectivity index is 2.25. The number of hydrogen-bond acceptors (Lipinski definition) is 5. The second-order valence-electron chi connectivity index (χ2n) is 5.98. The molecule has 1 fully saturated rings. The van der Waals surface area contributed by atoms with Gasteiger partial charge in [-0.25, -0.2) is 8.42 Å². The van der Waals surface area contributed by atoms with Gasteiger partial charge >= 0.3 is 6.36 Å². The second-order valence-corrected chi connectivity index (χ2v) is 9.02. The molecule has 1 aromatic rings. The maximum atomic E-state index is 13.0. The second kappa shape index (κ2) is 8.15. The summed E-state index contributed by atoms with van der Waals surface area (Å²) in [5, 5.41) is 0. The first-order valence-corrected chi connectivity index (χ1v) is 10.3. The van der Waals surface area contributed by atoms with Crippen LogP contribution in [0.2, 0.25) is 0 Å². The van der Waals surface area contributed by atoms with E-state index in [-0.39, 0.29) is 10.9 Å². The minimum Gasteiger partial charge on any atom is -0.406 e. The number of hydrogen-bond donors (Lipinski definition) is 0. The lowest BCUT2D eigenvalue weighted by molar-refractivity contribution is -0.274. The first kappa shape index (κ1) is 20.3. The van der Waals surface area contributed by atoms with Gasteiger partial charge in [0.1, 0.15) is 5.75 Å². The van der Waals surface area contributed by atoms with Crippen molar-refractivity contribution in [3.8, 4) is 5.75 Å².